The summed E-state index contributed by atoms with van der Waals surface area (Å²) in [7, 11) is -2.35. The summed E-state index contributed by atoms with van der Waals surface area (Å²) in [4.78, 5) is 23.9. The van der Waals surface area contributed by atoms with Gasteiger partial charge in [-0.15, -0.1) is 0 Å². The standard InChI is InChI=1S/C26H30N2O5S/c1-4-6-14-26(5-2)17-34(32,33)21-13-12-19(28-23(30)16-22(29)27-3)15-20(21)24(25(26)31)18-10-8-7-9-11-18/h4,6-15,24-25,31H,1,5,16-17H2,2-3H3,(H,27,29)(H,28,30)/t24-,25-,26-/m1/s1. The first-order valence-corrected chi connectivity index (χ1v) is 12.7. The smallest absolute Gasteiger partial charge is 0.233 e. The zero-order valence-corrected chi connectivity index (χ0v) is 20.1. The molecule has 1 aliphatic heterocycles. The van der Waals surface area contributed by atoms with Gasteiger partial charge in [0.15, 0.2) is 9.84 Å². The van der Waals surface area contributed by atoms with E-state index < -0.39 is 39.1 Å². The van der Waals surface area contributed by atoms with Gasteiger partial charge in [0.25, 0.3) is 0 Å². The van der Waals surface area contributed by atoms with Gasteiger partial charge in [-0.3, -0.25) is 9.59 Å². The quantitative estimate of drug-likeness (QED) is 0.414. The van der Waals surface area contributed by atoms with Gasteiger partial charge in [0, 0.05) is 24.1 Å². The van der Waals surface area contributed by atoms with Crippen LogP contribution in [0.5, 0.6) is 0 Å². The van der Waals surface area contributed by atoms with Crippen molar-refractivity contribution < 1.29 is 23.1 Å². The van der Waals surface area contributed by atoms with Gasteiger partial charge in [0.05, 0.1) is 16.8 Å². The zero-order valence-electron chi connectivity index (χ0n) is 19.3. The van der Waals surface area contributed by atoms with Gasteiger partial charge in [0.2, 0.25) is 11.8 Å². The minimum absolute atomic E-state index is 0.118. The normalized spacial score (nSPS) is 23.5. The SMILES string of the molecule is C=CC=C[C@]1(CC)CS(=O)(=O)c2ccc(NC(=O)CC(=O)NC)cc2[C@@H](c2ccccc2)[C@H]1O. The van der Waals surface area contributed by atoms with Gasteiger partial charge in [-0.05, 0) is 35.7 Å². The number of sulfone groups is 1. The number of fused-ring (bicyclic) bond motifs is 1. The van der Waals surface area contributed by atoms with Crippen molar-refractivity contribution in [1.82, 2.24) is 5.32 Å². The van der Waals surface area contributed by atoms with Crippen LogP contribution in [-0.2, 0) is 19.4 Å². The van der Waals surface area contributed by atoms with Crippen LogP contribution in [0.25, 0.3) is 0 Å². The molecule has 3 rings (SSSR count). The van der Waals surface area contributed by atoms with Crippen LogP contribution in [0.4, 0.5) is 5.69 Å². The van der Waals surface area contributed by atoms with E-state index in [0.29, 0.717) is 17.7 Å². The van der Waals surface area contributed by atoms with Crippen molar-refractivity contribution in [3.63, 3.8) is 0 Å². The van der Waals surface area contributed by atoms with Crippen LogP contribution in [0.2, 0.25) is 0 Å². The number of anilines is 1. The molecule has 0 unspecified atom stereocenters. The first-order valence-electron chi connectivity index (χ1n) is 11.1. The van der Waals surface area contributed by atoms with E-state index >= 15 is 0 Å². The largest absolute Gasteiger partial charge is 0.391 e. The Balaban J connectivity index is 2.20. The van der Waals surface area contributed by atoms with Crippen molar-refractivity contribution >= 4 is 27.3 Å². The van der Waals surface area contributed by atoms with Crippen LogP contribution >= 0.6 is 0 Å². The molecular weight excluding hydrogens is 452 g/mol. The average molecular weight is 483 g/mol. The summed E-state index contributed by atoms with van der Waals surface area (Å²) in [6.45, 7) is 5.55. The molecule has 2 aromatic carbocycles. The molecule has 0 saturated carbocycles. The van der Waals surface area contributed by atoms with Gasteiger partial charge >= 0.3 is 0 Å². The molecule has 0 bridgehead atoms. The number of amides is 2. The highest BCUT2D eigenvalue weighted by molar-refractivity contribution is 7.91. The lowest BCUT2D eigenvalue weighted by molar-refractivity contribution is -0.126. The Morgan fingerprint density at radius 2 is 1.88 bits per heavy atom. The van der Waals surface area contributed by atoms with E-state index in [1.165, 1.54) is 19.2 Å². The lowest BCUT2D eigenvalue weighted by Gasteiger charge is -2.37. The lowest BCUT2D eigenvalue weighted by atomic mass is 9.71. The second-order valence-corrected chi connectivity index (χ2v) is 10.4. The first-order chi connectivity index (χ1) is 16.2. The molecule has 0 spiro atoms. The first kappa shape index (κ1) is 25.4. The monoisotopic (exact) mass is 482 g/mol. The van der Waals surface area contributed by atoms with Gasteiger partial charge in [-0.2, -0.15) is 0 Å². The van der Waals surface area contributed by atoms with Crippen LogP contribution in [0.3, 0.4) is 0 Å². The number of rotatable bonds is 7. The Morgan fingerprint density at radius 1 is 1.18 bits per heavy atom. The van der Waals surface area contributed by atoms with E-state index in [2.05, 4.69) is 17.2 Å². The van der Waals surface area contributed by atoms with Gasteiger partial charge < -0.3 is 15.7 Å². The predicted octanol–water partition coefficient (Wildman–Crippen LogP) is 3.18. The average Bonchev–Trinajstić information content (AvgIpc) is 2.88. The van der Waals surface area contributed by atoms with E-state index in [4.69, 9.17) is 0 Å². The predicted molar refractivity (Wildman–Crippen MR) is 132 cm³/mol. The maximum Gasteiger partial charge on any atom is 0.233 e. The highest BCUT2D eigenvalue weighted by Crippen LogP contribution is 2.47. The van der Waals surface area contributed by atoms with Crippen molar-refractivity contribution in [2.24, 2.45) is 5.41 Å². The Labute approximate surface area is 200 Å². The van der Waals surface area contributed by atoms with Gasteiger partial charge in [0.1, 0.15) is 6.42 Å². The molecular formula is C26H30N2O5S. The number of hydrogen-bond acceptors (Lipinski definition) is 5. The van der Waals surface area contributed by atoms with Crippen LogP contribution in [-0.4, -0.2) is 44.2 Å². The molecule has 180 valence electrons. The molecule has 1 heterocycles. The van der Waals surface area contributed by atoms with E-state index in [1.54, 1.807) is 24.3 Å². The fourth-order valence-electron chi connectivity index (χ4n) is 4.47. The fourth-order valence-corrected chi connectivity index (χ4v) is 6.62. The summed E-state index contributed by atoms with van der Waals surface area (Å²) in [5.74, 6) is -1.89. The number of aliphatic hydroxyl groups is 1. The Bertz CT molecular complexity index is 1210. The third-order valence-electron chi connectivity index (χ3n) is 6.31. The molecule has 0 aromatic heterocycles. The molecule has 3 atom stereocenters. The number of allylic oxidation sites excluding steroid dienone is 2. The van der Waals surface area contributed by atoms with Crippen molar-refractivity contribution in [1.29, 1.82) is 0 Å². The van der Waals surface area contributed by atoms with Crippen molar-refractivity contribution in [2.75, 3.05) is 18.1 Å². The van der Waals surface area contributed by atoms with Gasteiger partial charge in [-0.1, -0.05) is 62.1 Å². The van der Waals surface area contributed by atoms with Crippen molar-refractivity contribution in [3.8, 4) is 0 Å². The molecule has 7 nitrogen and oxygen atoms in total. The molecule has 8 heteroatoms. The van der Waals surface area contributed by atoms with Crippen LogP contribution < -0.4 is 10.6 Å². The van der Waals surface area contributed by atoms with E-state index in [1.807, 2.05) is 37.3 Å². The molecule has 1 aliphatic rings. The van der Waals surface area contributed by atoms with Crippen molar-refractivity contribution in [3.05, 3.63) is 84.5 Å². The maximum absolute atomic E-state index is 13.6. The Kier molecular flexibility index (Phi) is 7.74. The minimum atomic E-state index is -3.79. The fraction of sp³-hybridized carbons (Fsp3) is 0.308. The van der Waals surface area contributed by atoms with E-state index in [0.717, 1.165) is 5.56 Å². The number of carbonyl (C=O) groups excluding carboxylic acids is 2. The summed E-state index contributed by atoms with van der Waals surface area (Å²) in [6.07, 6.45) is 3.93. The second kappa shape index (κ2) is 10.4. The summed E-state index contributed by atoms with van der Waals surface area (Å²) in [6, 6.07) is 13.8. The Morgan fingerprint density at radius 3 is 2.50 bits per heavy atom. The zero-order chi connectivity index (χ0) is 24.9. The number of hydrogen-bond donors (Lipinski definition) is 3. The number of nitrogens with one attached hydrogen (secondary N) is 2. The third kappa shape index (κ3) is 5.13. The Hall–Kier alpha value is -3.23. The number of benzene rings is 2. The second-order valence-electron chi connectivity index (χ2n) is 8.42. The highest BCUT2D eigenvalue weighted by atomic mass is 32.2. The molecule has 0 saturated heterocycles. The lowest BCUT2D eigenvalue weighted by Crippen LogP contribution is -2.41. The van der Waals surface area contributed by atoms with Crippen LogP contribution in [0, 0.1) is 5.41 Å². The molecule has 3 N–H and O–H groups in total. The topological polar surface area (TPSA) is 113 Å². The minimum Gasteiger partial charge on any atom is -0.391 e. The summed E-state index contributed by atoms with van der Waals surface area (Å²) in [5, 5.41) is 16.8. The van der Waals surface area contributed by atoms with Crippen molar-refractivity contribution in [2.45, 2.75) is 36.7 Å². The summed E-state index contributed by atoms with van der Waals surface area (Å²) < 4.78 is 27.1. The molecule has 0 radical (unpaired) electrons. The molecule has 0 aliphatic carbocycles. The molecule has 34 heavy (non-hydrogen) atoms. The molecule has 2 aromatic rings. The van der Waals surface area contributed by atoms with Crippen LogP contribution in [0.15, 0.2) is 78.2 Å². The highest BCUT2D eigenvalue weighted by Gasteiger charge is 2.48. The maximum atomic E-state index is 13.6. The third-order valence-corrected chi connectivity index (χ3v) is 8.27. The number of aliphatic hydroxyl groups excluding tert-OH is 1. The molecule has 2 amide bonds. The molecule has 0 fully saturated rings. The number of carbonyl (C=O) groups is 2. The van der Waals surface area contributed by atoms with E-state index in [9.17, 15) is 23.1 Å². The van der Waals surface area contributed by atoms with E-state index in [-0.39, 0.29) is 17.1 Å². The van der Waals surface area contributed by atoms with Gasteiger partial charge in [-0.25, -0.2) is 8.42 Å². The summed E-state index contributed by atoms with van der Waals surface area (Å²) >= 11 is 0. The van der Waals surface area contributed by atoms with Crippen LogP contribution in [0.1, 0.15) is 36.8 Å². The summed E-state index contributed by atoms with van der Waals surface area (Å²) in [5.41, 5.74) is 0.460.